The normalized spacial score (nSPS) is 10.6. The van der Waals surface area contributed by atoms with Crippen molar-refractivity contribution < 1.29 is 4.92 Å². The number of halogens is 8. The minimum Gasteiger partial charge on any atom is -0.258 e. The molecule has 0 saturated carbocycles. The fraction of sp³-hybridized carbons (Fsp3) is 0.0233. The highest BCUT2D eigenvalue weighted by atomic mass is 80.9. The molecule has 9 rings (SSSR count). The molecule has 3 nitrogen and oxygen atoms in total. The van der Waals surface area contributed by atoms with Crippen LogP contribution in [0.1, 0.15) is 7.43 Å². The molecule has 0 unspecified atom stereocenters. The molecule has 0 aliphatic heterocycles. The van der Waals surface area contributed by atoms with Gasteiger partial charge in [-0.15, -0.1) is 0 Å². The van der Waals surface area contributed by atoms with Gasteiger partial charge in [-0.1, -0.05) is 98.4 Å². The highest BCUT2D eigenvalue weighted by Gasteiger charge is 2.14. The van der Waals surface area contributed by atoms with Crippen LogP contribution in [0.5, 0.6) is 0 Å². The molecule has 0 aliphatic rings. The number of benzene rings is 9. The number of para-hydroxylation sites is 1. The molecule has 0 fully saturated rings. The van der Waals surface area contributed by atoms with Crippen molar-refractivity contribution in [1.29, 1.82) is 0 Å². The number of nitro benzene ring substituents is 1. The van der Waals surface area contributed by atoms with Crippen molar-refractivity contribution in [3.8, 4) is 0 Å². The van der Waals surface area contributed by atoms with Gasteiger partial charge in [-0.05, 0) is 197 Å². The van der Waals surface area contributed by atoms with E-state index in [0.29, 0.717) is 0 Å². The number of non-ortho nitro benzene ring substituents is 1. The molecular formula is C43H27Br8NO2. The lowest BCUT2D eigenvalue weighted by molar-refractivity contribution is -0.384. The van der Waals surface area contributed by atoms with Crippen LogP contribution in [0.2, 0.25) is 0 Å². The summed E-state index contributed by atoms with van der Waals surface area (Å²) in [6, 6.07) is 47.0. The zero-order chi connectivity index (χ0) is 37.8. The molecule has 0 amide bonds. The molecule has 11 heteroatoms. The number of hydrogen-bond donors (Lipinski definition) is 0. The number of nitro groups is 1. The molecule has 0 N–H and O–H groups in total. The first kappa shape index (κ1) is 42.9. The van der Waals surface area contributed by atoms with Crippen molar-refractivity contribution in [2.75, 3.05) is 0 Å². The molecular weight excluding hydrogens is 1200 g/mol. The molecule has 0 bridgehead atoms. The van der Waals surface area contributed by atoms with Gasteiger partial charge in [0.05, 0.1) is 4.92 Å². The number of rotatable bonds is 1. The van der Waals surface area contributed by atoms with Gasteiger partial charge in [0.1, 0.15) is 0 Å². The number of nitrogens with zero attached hydrogens (tertiary/aromatic N) is 1. The highest BCUT2D eigenvalue weighted by molar-refractivity contribution is 9.93. The van der Waals surface area contributed by atoms with Crippen molar-refractivity contribution in [2.24, 2.45) is 0 Å². The predicted molar refractivity (Wildman–Crippen MR) is 262 cm³/mol. The van der Waals surface area contributed by atoms with Crippen LogP contribution < -0.4 is 0 Å². The Kier molecular flexibility index (Phi) is 15.3. The second kappa shape index (κ2) is 19.3. The summed E-state index contributed by atoms with van der Waals surface area (Å²) in [4.78, 5) is 9.59. The van der Waals surface area contributed by atoms with E-state index in [4.69, 9.17) is 0 Å². The highest BCUT2D eigenvalue weighted by Crippen LogP contribution is 2.43. The summed E-state index contributed by atoms with van der Waals surface area (Å²) in [6.45, 7) is 0. The summed E-state index contributed by atoms with van der Waals surface area (Å²) < 4.78 is 6.28. The molecule has 0 aliphatic carbocycles. The minimum atomic E-state index is -0.417. The van der Waals surface area contributed by atoms with E-state index in [1.807, 2.05) is 0 Å². The fourth-order valence-electron chi connectivity index (χ4n) is 6.39. The topological polar surface area (TPSA) is 43.1 Å². The Morgan fingerprint density at radius 1 is 0.333 bits per heavy atom. The predicted octanol–water partition coefficient (Wildman–Crippen LogP) is 18.8. The van der Waals surface area contributed by atoms with Crippen molar-refractivity contribution >= 4 is 194 Å². The van der Waals surface area contributed by atoms with Gasteiger partial charge >= 0.3 is 0 Å². The van der Waals surface area contributed by atoms with Gasteiger partial charge in [-0.25, -0.2) is 0 Å². The van der Waals surface area contributed by atoms with Crippen LogP contribution in [0, 0.1) is 10.1 Å². The molecule has 0 heterocycles. The fourth-order valence-corrected chi connectivity index (χ4v) is 8.45. The van der Waals surface area contributed by atoms with Crippen LogP contribution in [0.25, 0.3) is 64.6 Å². The quantitative estimate of drug-likeness (QED) is 0.0934. The van der Waals surface area contributed by atoms with E-state index >= 15 is 0 Å². The summed E-state index contributed by atoms with van der Waals surface area (Å²) in [7, 11) is 0. The largest absolute Gasteiger partial charge is 0.269 e. The third-order valence-corrected chi connectivity index (χ3v) is 14.2. The van der Waals surface area contributed by atoms with Gasteiger partial charge < -0.3 is 0 Å². The zero-order valence-corrected chi connectivity index (χ0v) is 39.8. The van der Waals surface area contributed by atoms with E-state index in [9.17, 15) is 10.1 Å². The Bertz CT molecular complexity index is 2320. The van der Waals surface area contributed by atoms with E-state index < -0.39 is 4.92 Å². The number of hydrogen-bond acceptors (Lipinski definition) is 2. The van der Waals surface area contributed by atoms with E-state index in [-0.39, 0.29) is 13.1 Å². The first-order chi connectivity index (χ1) is 25.6. The zero-order valence-electron chi connectivity index (χ0n) is 27.1. The van der Waals surface area contributed by atoms with E-state index in [2.05, 4.69) is 233 Å². The summed E-state index contributed by atoms with van der Waals surface area (Å²) in [6.07, 6.45) is 0. The van der Waals surface area contributed by atoms with E-state index in [1.165, 1.54) is 76.8 Å². The van der Waals surface area contributed by atoms with Crippen molar-refractivity contribution in [3.05, 3.63) is 176 Å². The molecule has 0 spiro atoms. The van der Waals surface area contributed by atoms with E-state index in [1.54, 1.807) is 18.2 Å². The van der Waals surface area contributed by atoms with Crippen LogP contribution in [0.15, 0.2) is 166 Å². The third kappa shape index (κ3) is 8.99. The average Bonchev–Trinajstić information content (AvgIpc) is 3.19. The molecule has 0 aromatic heterocycles. The Labute approximate surface area is 378 Å². The molecule has 0 atom stereocenters. The summed E-state index contributed by atoms with van der Waals surface area (Å²) in [5, 5.41) is 25.3. The van der Waals surface area contributed by atoms with Gasteiger partial charge in [0, 0.05) is 67.2 Å². The lowest BCUT2D eigenvalue weighted by Gasteiger charge is -2.14. The SMILES string of the molecule is BrBr.Brc1cc2c3cc(Br)c(Br)cc3c3cc(Br)c(Br)cc3c2cc1Br.C.O=[N+]([O-])c1ccccc1.c1ccc2c(c1)c1ccccc1c1ccccc21. The number of fused-ring (bicyclic) bond motifs is 12. The van der Waals surface area contributed by atoms with Gasteiger partial charge in [0.25, 0.3) is 5.69 Å². The van der Waals surface area contributed by atoms with Crippen molar-refractivity contribution in [2.45, 2.75) is 7.43 Å². The first-order valence-corrected chi connectivity index (χ1v) is 24.2. The Morgan fingerprint density at radius 2 is 0.519 bits per heavy atom. The van der Waals surface area contributed by atoms with E-state index in [0.717, 1.165) is 26.8 Å². The van der Waals surface area contributed by atoms with Crippen LogP contribution in [0.4, 0.5) is 5.69 Å². The second-order valence-corrected chi connectivity index (χ2v) is 16.8. The lowest BCUT2D eigenvalue weighted by Crippen LogP contribution is -1.86. The van der Waals surface area contributed by atoms with Gasteiger partial charge in [0.15, 0.2) is 0 Å². The average molecular weight is 1230 g/mol. The lowest BCUT2D eigenvalue weighted by atomic mass is 9.94. The van der Waals surface area contributed by atoms with Crippen molar-refractivity contribution in [3.63, 3.8) is 0 Å². The maximum Gasteiger partial charge on any atom is 0.269 e. The van der Waals surface area contributed by atoms with Gasteiger partial charge in [-0.2, -0.15) is 0 Å². The van der Waals surface area contributed by atoms with Gasteiger partial charge in [0.2, 0.25) is 0 Å². The van der Waals surface area contributed by atoms with Crippen LogP contribution in [-0.2, 0) is 0 Å². The molecule has 0 radical (unpaired) electrons. The minimum absolute atomic E-state index is 0. The maximum absolute atomic E-state index is 10.0. The first-order valence-electron chi connectivity index (χ1n) is 15.7. The Hall–Kier alpha value is -2.22. The Balaban J connectivity index is 0.000000165. The summed E-state index contributed by atoms with van der Waals surface area (Å²) in [5.74, 6) is 0. The van der Waals surface area contributed by atoms with Crippen LogP contribution in [0.3, 0.4) is 0 Å². The summed E-state index contributed by atoms with van der Waals surface area (Å²) >= 11 is 27.3. The molecule has 9 aromatic carbocycles. The molecule has 9 aromatic rings. The molecule has 0 saturated heterocycles. The summed E-state index contributed by atoms with van der Waals surface area (Å²) in [5.41, 5.74) is 0.137. The third-order valence-electron chi connectivity index (χ3n) is 8.67. The van der Waals surface area contributed by atoms with Gasteiger partial charge in [-0.3, -0.25) is 10.1 Å². The standard InChI is InChI=1S/C18H6Br6.C18H12.C6H5NO2.CH4.Br2/c19-13-1-7-8(2-14(13)20)10-4-17(23)18(24)6-12(10)11-5-16(22)15(21)3-9(7)11;1-2-8-14-13(7-1)15-9-3-4-11-17(15)18-12-6-5-10-16(14)18;8-7(9)6-4-2-1-3-5-6;;1-2/h1-6H;1-12H;1-5H;1H4;. The molecule has 54 heavy (non-hydrogen) atoms. The Morgan fingerprint density at radius 3 is 0.685 bits per heavy atom. The maximum atomic E-state index is 10.0. The monoisotopic (exact) mass is 1220 g/mol. The van der Waals surface area contributed by atoms with Crippen LogP contribution >= 0.6 is 124 Å². The second-order valence-electron chi connectivity index (χ2n) is 11.7. The van der Waals surface area contributed by atoms with Crippen LogP contribution in [-0.4, -0.2) is 4.92 Å². The molecule has 272 valence electrons. The van der Waals surface area contributed by atoms with Crippen molar-refractivity contribution in [1.82, 2.24) is 0 Å². The smallest absolute Gasteiger partial charge is 0.258 e.